The van der Waals surface area contributed by atoms with E-state index in [0.29, 0.717) is 12.1 Å². The van der Waals surface area contributed by atoms with Crippen LogP contribution >= 0.6 is 0 Å². The van der Waals surface area contributed by atoms with Crippen LogP contribution in [0.3, 0.4) is 0 Å². The zero-order chi connectivity index (χ0) is 15.0. The standard InChI is InChI=1S/C16H26N4O/c1-16(2,3)15-18-13(17-4)10-14(19-15)20-8-9-21-12-7-5-6-11(12)20/h10-12H,5-9H2,1-4H3,(H,17,18,19). The number of rotatable bonds is 2. The molecule has 1 saturated heterocycles. The molecule has 1 aromatic heterocycles. The molecule has 1 N–H and O–H groups in total. The van der Waals surface area contributed by atoms with Crippen LogP contribution in [0.5, 0.6) is 0 Å². The van der Waals surface area contributed by atoms with Crippen LogP contribution in [0, 0.1) is 0 Å². The van der Waals surface area contributed by atoms with Gasteiger partial charge in [0.05, 0.1) is 18.8 Å². The van der Waals surface area contributed by atoms with Crippen molar-refractivity contribution in [2.45, 2.75) is 57.6 Å². The van der Waals surface area contributed by atoms with Crippen molar-refractivity contribution in [3.05, 3.63) is 11.9 Å². The molecule has 2 aliphatic rings. The molecule has 21 heavy (non-hydrogen) atoms. The van der Waals surface area contributed by atoms with Crippen LogP contribution in [-0.2, 0) is 10.2 Å². The Morgan fingerprint density at radius 1 is 1.29 bits per heavy atom. The van der Waals surface area contributed by atoms with Crippen LogP contribution in [-0.4, -0.2) is 42.3 Å². The summed E-state index contributed by atoms with van der Waals surface area (Å²) in [5.74, 6) is 2.83. The number of nitrogens with one attached hydrogen (secondary N) is 1. The quantitative estimate of drug-likeness (QED) is 0.907. The highest BCUT2D eigenvalue weighted by molar-refractivity contribution is 5.51. The van der Waals surface area contributed by atoms with Gasteiger partial charge in [0, 0.05) is 25.1 Å². The Kier molecular flexibility index (Phi) is 3.78. The first kappa shape index (κ1) is 14.6. The minimum Gasteiger partial charge on any atom is -0.374 e. The second kappa shape index (κ2) is 5.44. The Balaban J connectivity index is 1.97. The van der Waals surface area contributed by atoms with E-state index >= 15 is 0 Å². The van der Waals surface area contributed by atoms with Gasteiger partial charge in [0.2, 0.25) is 0 Å². The van der Waals surface area contributed by atoms with Gasteiger partial charge in [-0.3, -0.25) is 0 Å². The maximum absolute atomic E-state index is 5.91. The smallest absolute Gasteiger partial charge is 0.138 e. The minimum absolute atomic E-state index is 0.0526. The molecule has 0 spiro atoms. The predicted molar refractivity (Wildman–Crippen MR) is 85.0 cm³/mol. The fraction of sp³-hybridized carbons (Fsp3) is 0.750. The first-order valence-corrected chi connectivity index (χ1v) is 7.94. The molecule has 1 saturated carbocycles. The van der Waals surface area contributed by atoms with E-state index in [1.807, 2.05) is 7.05 Å². The Morgan fingerprint density at radius 2 is 2.10 bits per heavy atom. The molecule has 0 bridgehead atoms. The third-order valence-corrected chi connectivity index (χ3v) is 4.42. The number of morpholine rings is 1. The van der Waals surface area contributed by atoms with Crippen LogP contribution in [0.15, 0.2) is 6.07 Å². The van der Waals surface area contributed by atoms with Crippen molar-refractivity contribution in [1.82, 2.24) is 9.97 Å². The van der Waals surface area contributed by atoms with Gasteiger partial charge >= 0.3 is 0 Å². The molecule has 116 valence electrons. The SMILES string of the molecule is CNc1cc(N2CCOC3CCCC32)nc(C(C)(C)C)n1. The van der Waals surface area contributed by atoms with Gasteiger partial charge in [0.1, 0.15) is 17.5 Å². The fourth-order valence-corrected chi connectivity index (χ4v) is 3.26. The molecule has 2 atom stereocenters. The Hall–Kier alpha value is -1.36. The molecule has 5 nitrogen and oxygen atoms in total. The van der Waals surface area contributed by atoms with E-state index in [4.69, 9.17) is 9.72 Å². The molecule has 3 rings (SSSR count). The number of anilines is 2. The molecule has 0 radical (unpaired) electrons. The minimum atomic E-state index is -0.0526. The van der Waals surface area contributed by atoms with E-state index in [-0.39, 0.29) is 5.41 Å². The highest BCUT2D eigenvalue weighted by Gasteiger charge is 2.37. The van der Waals surface area contributed by atoms with E-state index in [1.54, 1.807) is 0 Å². The molecule has 1 aromatic rings. The number of hydrogen-bond donors (Lipinski definition) is 1. The van der Waals surface area contributed by atoms with Gasteiger partial charge < -0.3 is 15.0 Å². The molecule has 0 aromatic carbocycles. The average molecular weight is 290 g/mol. The van der Waals surface area contributed by atoms with Crippen LogP contribution in [0.2, 0.25) is 0 Å². The summed E-state index contributed by atoms with van der Waals surface area (Å²) >= 11 is 0. The number of fused-ring (bicyclic) bond motifs is 1. The molecule has 1 aliphatic carbocycles. The van der Waals surface area contributed by atoms with Gasteiger partial charge in [-0.1, -0.05) is 20.8 Å². The van der Waals surface area contributed by atoms with Gasteiger partial charge in [0.15, 0.2) is 0 Å². The summed E-state index contributed by atoms with van der Waals surface area (Å²) in [5, 5.41) is 3.17. The van der Waals surface area contributed by atoms with Crippen molar-refractivity contribution in [1.29, 1.82) is 0 Å². The van der Waals surface area contributed by atoms with Crippen molar-refractivity contribution < 1.29 is 4.74 Å². The van der Waals surface area contributed by atoms with E-state index in [1.165, 1.54) is 19.3 Å². The summed E-state index contributed by atoms with van der Waals surface area (Å²) in [5.41, 5.74) is -0.0526. The lowest BCUT2D eigenvalue weighted by Crippen LogP contribution is -2.49. The second-order valence-corrected chi connectivity index (χ2v) is 7.04. The molecule has 1 aliphatic heterocycles. The maximum atomic E-state index is 5.91. The monoisotopic (exact) mass is 290 g/mol. The zero-order valence-electron chi connectivity index (χ0n) is 13.5. The van der Waals surface area contributed by atoms with E-state index in [9.17, 15) is 0 Å². The van der Waals surface area contributed by atoms with Crippen molar-refractivity contribution >= 4 is 11.6 Å². The van der Waals surface area contributed by atoms with Crippen molar-refractivity contribution in [3.63, 3.8) is 0 Å². The highest BCUT2D eigenvalue weighted by atomic mass is 16.5. The second-order valence-electron chi connectivity index (χ2n) is 7.04. The molecule has 0 amide bonds. The van der Waals surface area contributed by atoms with Gasteiger partial charge in [-0.2, -0.15) is 0 Å². The van der Waals surface area contributed by atoms with Crippen molar-refractivity contribution in [2.75, 3.05) is 30.4 Å². The predicted octanol–water partition coefficient (Wildman–Crippen LogP) is 2.57. The van der Waals surface area contributed by atoms with Gasteiger partial charge in [-0.05, 0) is 19.3 Å². The highest BCUT2D eigenvalue weighted by Crippen LogP contribution is 2.33. The van der Waals surface area contributed by atoms with Crippen LogP contribution < -0.4 is 10.2 Å². The number of ether oxygens (including phenoxy) is 1. The molecular weight excluding hydrogens is 264 g/mol. The molecule has 5 heteroatoms. The summed E-state index contributed by atoms with van der Waals surface area (Å²) in [7, 11) is 1.91. The van der Waals surface area contributed by atoms with Crippen molar-refractivity contribution in [3.8, 4) is 0 Å². The zero-order valence-corrected chi connectivity index (χ0v) is 13.5. The van der Waals surface area contributed by atoms with E-state index in [2.05, 4.69) is 42.0 Å². The first-order chi connectivity index (χ1) is 9.99. The Bertz CT molecular complexity index is 511. The number of hydrogen-bond acceptors (Lipinski definition) is 5. The summed E-state index contributed by atoms with van der Waals surface area (Å²) < 4.78 is 5.91. The fourth-order valence-electron chi connectivity index (χ4n) is 3.26. The third kappa shape index (κ3) is 2.84. The summed E-state index contributed by atoms with van der Waals surface area (Å²) in [4.78, 5) is 11.9. The lowest BCUT2D eigenvalue weighted by Gasteiger charge is -2.39. The summed E-state index contributed by atoms with van der Waals surface area (Å²) in [6.45, 7) is 8.19. The Labute approximate surface area is 127 Å². The van der Waals surface area contributed by atoms with Crippen molar-refractivity contribution in [2.24, 2.45) is 0 Å². The van der Waals surface area contributed by atoms with E-state index < -0.39 is 0 Å². The van der Waals surface area contributed by atoms with Crippen LogP contribution in [0.1, 0.15) is 45.9 Å². The van der Waals surface area contributed by atoms with Crippen LogP contribution in [0.25, 0.3) is 0 Å². The number of aromatic nitrogens is 2. The molecule has 2 heterocycles. The maximum Gasteiger partial charge on any atom is 0.138 e. The lowest BCUT2D eigenvalue weighted by molar-refractivity contribution is 0.0253. The Morgan fingerprint density at radius 3 is 2.81 bits per heavy atom. The molecular formula is C16H26N4O. The average Bonchev–Trinajstić information content (AvgIpc) is 2.94. The topological polar surface area (TPSA) is 50.3 Å². The summed E-state index contributed by atoms with van der Waals surface area (Å²) in [6.07, 6.45) is 4.01. The normalized spacial score (nSPS) is 25.8. The summed E-state index contributed by atoms with van der Waals surface area (Å²) in [6, 6.07) is 2.54. The third-order valence-electron chi connectivity index (χ3n) is 4.42. The van der Waals surface area contributed by atoms with Gasteiger partial charge in [-0.15, -0.1) is 0 Å². The van der Waals surface area contributed by atoms with E-state index in [0.717, 1.165) is 30.6 Å². The largest absolute Gasteiger partial charge is 0.374 e. The van der Waals surface area contributed by atoms with Gasteiger partial charge in [-0.25, -0.2) is 9.97 Å². The van der Waals surface area contributed by atoms with Crippen LogP contribution in [0.4, 0.5) is 11.6 Å². The first-order valence-electron chi connectivity index (χ1n) is 7.94. The van der Waals surface area contributed by atoms with Gasteiger partial charge in [0.25, 0.3) is 0 Å². The molecule has 2 fully saturated rings. The molecule has 2 unspecified atom stereocenters. The number of nitrogens with zero attached hydrogens (tertiary/aromatic N) is 3. The lowest BCUT2D eigenvalue weighted by atomic mass is 9.95.